The second-order valence-corrected chi connectivity index (χ2v) is 13.8. The lowest BCUT2D eigenvalue weighted by Gasteiger charge is -2.35. The van der Waals surface area contributed by atoms with E-state index in [-0.39, 0.29) is 11.1 Å². The van der Waals surface area contributed by atoms with Crippen LogP contribution in [0.25, 0.3) is 0 Å². The molecule has 1 atom stereocenters. The predicted octanol–water partition coefficient (Wildman–Crippen LogP) is 6.85. The summed E-state index contributed by atoms with van der Waals surface area (Å²) in [4.78, 5) is 18.3. The van der Waals surface area contributed by atoms with Crippen LogP contribution in [0.3, 0.4) is 0 Å². The summed E-state index contributed by atoms with van der Waals surface area (Å²) in [5.41, 5.74) is 4.54. The van der Waals surface area contributed by atoms with Gasteiger partial charge in [0.25, 0.3) is 5.69 Å². The maximum absolute atomic E-state index is 11.4. The van der Waals surface area contributed by atoms with E-state index in [1.807, 2.05) is 36.0 Å². The minimum absolute atomic E-state index is 0.0122. The number of nitriles is 1. The zero-order valence-electron chi connectivity index (χ0n) is 23.9. The highest BCUT2D eigenvalue weighted by atomic mass is 31.2. The fraction of sp³-hybridized carbons (Fsp3) is 0.219. The van der Waals surface area contributed by atoms with Gasteiger partial charge in [-0.25, -0.2) is 9.67 Å². The van der Waals surface area contributed by atoms with Crippen LogP contribution in [0.2, 0.25) is 0 Å². The number of hydrogen-bond acceptors (Lipinski definition) is 7. The van der Waals surface area contributed by atoms with Gasteiger partial charge in [-0.2, -0.15) is 10.4 Å². The molecule has 0 amide bonds. The molecule has 0 fully saturated rings. The Morgan fingerprint density at radius 1 is 1.05 bits per heavy atom. The van der Waals surface area contributed by atoms with Gasteiger partial charge in [-0.05, 0) is 30.7 Å². The average Bonchev–Trinajstić information content (AvgIpc) is 3.42. The maximum atomic E-state index is 11.4. The Kier molecular flexibility index (Phi) is 6.67. The van der Waals surface area contributed by atoms with E-state index < -0.39 is 12.0 Å². The highest BCUT2D eigenvalue weighted by molar-refractivity contribution is 7.86. The molecular formula is C32H30N7O2P. The standard InChI is InChI=1S/C32H30N7O2P/c1-22-29-31(38(35-22)20-10-19-33)34-21-28(30-32(2,3)26-13-8-9-14-27(26)37(30)4)42(29,25-11-6-5-7-12-25)36-23-15-17-24(18-16-23)39(40)41/h5-9,11-18,21H,10,20H2,1-4H3/b30-28+. The highest BCUT2D eigenvalue weighted by Crippen LogP contribution is 2.64. The Bertz CT molecular complexity index is 1880. The van der Waals surface area contributed by atoms with Crippen molar-refractivity contribution in [2.75, 3.05) is 11.9 Å². The number of non-ortho nitro benzene ring substituents is 1. The normalized spacial score (nSPS) is 20.1. The predicted molar refractivity (Wildman–Crippen MR) is 168 cm³/mol. The van der Waals surface area contributed by atoms with Gasteiger partial charge in [0.05, 0.1) is 47.7 Å². The van der Waals surface area contributed by atoms with Crippen LogP contribution in [-0.4, -0.2) is 28.0 Å². The van der Waals surface area contributed by atoms with E-state index in [2.05, 4.69) is 68.3 Å². The Morgan fingerprint density at radius 3 is 2.40 bits per heavy atom. The quantitative estimate of drug-likeness (QED) is 0.147. The van der Waals surface area contributed by atoms with E-state index >= 15 is 0 Å². The molecule has 10 heteroatoms. The summed E-state index contributed by atoms with van der Waals surface area (Å²) in [6, 6.07) is 27.3. The summed E-state index contributed by atoms with van der Waals surface area (Å²) >= 11 is 0. The number of hydrogen-bond donors (Lipinski definition) is 0. The molecule has 6 rings (SSSR count). The zero-order valence-corrected chi connectivity index (χ0v) is 24.8. The van der Waals surface area contributed by atoms with Crippen molar-refractivity contribution >= 4 is 46.8 Å². The van der Waals surface area contributed by atoms with Crippen LogP contribution in [0.4, 0.5) is 22.9 Å². The lowest BCUT2D eigenvalue weighted by atomic mass is 9.84. The van der Waals surface area contributed by atoms with Gasteiger partial charge >= 0.3 is 0 Å². The van der Waals surface area contributed by atoms with Gasteiger partial charge in [0, 0.05) is 52.8 Å². The Hall–Kier alpha value is -4.80. The molecule has 9 nitrogen and oxygen atoms in total. The van der Waals surface area contributed by atoms with Crippen LogP contribution in [-0.2, 0) is 12.0 Å². The Balaban J connectivity index is 1.77. The van der Waals surface area contributed by atoms with Crippen LogP contribution < -0.4 is 15.5 Å². The summed E-state index contributed by atoms with van der Waals surface area (Å²) in [6.07, 6.45) is 2.25. The Morgan fingerprint density at radius 2 is 1.74 bits per heavy atom. The first-order valence-corrected chi connectivity index (χ1v) is 15.4. The SMILES string of the molecule is Cc1nn(CCC#N)c2c1P(=Nc1ccc([N+](=O)[O-])cc1)(c1ccccc1)/C(=C1/N(C)c3ccccc3C1(C)C)C=N2. The number of aromatic nitrogens is 2. The number of fused-ring (bicyclic) bond motifs is 2. The summed E-state index contributed by atoms with van der Waals surface area (Å²) in [6.45, 7) is 6.86. The van der Waals surface area contributed by atoms with Crippen molar-refractivity contribution in [2.45, 2.75) is 39.2 Å². The van der Waals surface area contributed by atoms with Gasteiger partial charge in [0.1, 0.15) is 0 Å². The number of benzene rings is 3. The van der Waals surface area contributed by atoms with Crippen LogP contribution in [0, 0.1) is 28.4 Å². The first-order valence-electron chi connectivity index (χ1n) is 13.7. The van der Waals surface area contributed by atoms with Gasteiger partial charge in [0.2, 0.25) is 0 Å². The van der Waals surface area contributed by atoms with E-state index in [0.29, 0.717) is 24.5 Å². The smallest absolute Gasteiger partial charge is 0.269 e. The molecule has 0 saturated heterocycles. The van der Waals surface area contributed by atoms with Crippen molar-refractivity contribution in [1.29, 1.82) is 5.26 Å². The average molecular weight is 576 g/mol. The number of allylic oxidation sites excluding steroid dienone is 2. The van der Waals surface area contributed by atoms with Crippen molar-refractivity contribution in [3.05, 3.63) is 111 Å². The molecule has 0 aliphatic carbocycles. The molecule has 0 saturated carbocycles. The molecular weight excluding hydrogens is 545 g/mol. The van der Waals surface area contributed by atoms with Crippen LogP contribution >= 0.6 is 7.05 Å². The molecule has 4 aromatic rings. The third-order valence-electron chi connectivity index (χ3n) is 8.05. The third kappa shape index (κ3) is 4.10. The number of likely N-dealkylation sites (N-methyl/N-ethyl adjacent to an activating group) is 1. The molecule has 3 aromatic carbocycles. The zero-order chi connectivity index (χ0) is 29.6. The molecule has 42 heavy (non-hydrogen) atoms. The maximum Gasteiger partial charge on any atom is 0.269 e. The first kappa shape index (κ1) is 27.4. The van der Waals surface area contributed by atoms with Gasteiger partial charge in [-0.15, -0.1) is 0 Å². The molecule has 0 spiro atoms. The summed E-state index contributed by atoms with van der Waals surface area (Å²) < 4.78 is 7.41. The topological polar surface area (TPSA) is 113 Å². The number of para-hydroxylation sites is 1. The van der Waals surface area contributed by atoms with Gasteiger partial charge in [-0.3, -0.25) is 14.9 Å². The number of aliphatic imine (C=N–C) groups is 1. The molecule has 0 radical (unpaired) electrons. The molecule has 2 aliphatic rings. The molecule has 0 bridgehead atoms. The van der Waals surface area contributed by atoms with E-state index in [0.717, 1.165) is 33.0 Å². The van der Waals surface area contributed by atoms with Crippen molar-refractivity contribution in [3.63, 3.8) is 0 Å². The summed E-state index contributed by atoms with van der Waals surface area (Å²) in [7, 11) is -0.778. The number of anilines is 1. The Labute approximate surface area is 244 Å². The fourth-order valence-corrected chi connectivity index (χ4v) is 10.4. The van der Waals surface area contributed by atoms with Crippen molar-refractivity contribution in [1.82, 2.24) is 9.78 Å². The van der Waals surface area contributed by atoms with Crippen LogP contribution in [0.1, 0.15) is 31.5 Å². The number of aryl methyl sites for hydroxylation is 2. The number of nitro groups is 1. The van der Waals surface area contributed by atoms with E-state index in [9.17, 15) is 15.4 Å². The third-order valence-corrected chi connectivity index (χ3v) is 11.8. The van der Waals surface area contributed by atoms with Crippen LogP contribution in [0.15, 0.2) is 99.6 Å². The second kappa shape index (κ2) is 10.2. The molecule has 1 aromatic heterocycles. The highest BCUT2D eigenvalue weighted by Gasteiger charge is 2.47. The largest absolute Gasteiger partial charge is 0.346 e. The fourth-order valence-electron chi connectivity index (χ4n) is 6.26. The van der Waals surface area contributed by atoms with E-state index in [4.69, 9.17) is 14.8 Å². The minimum Gasteiger partial charge on any atom is -0.346 e. The molecule has 2 aliphatic heterocycles. The van der Waals surface area contributed by atoms with Crippen molar-refractivity contribution in [2.24, 2.45) is 9.74 Å². The second-order valence-electron chi connectivity index (χ2n) is 10.9. The van der Waals surface area contributed by atoms with Crippen molar-refractivity contribution < 1.29 is 4.92 Å². The number of nitro benzene ring substituents is 1. The first-order chi connectivity index (χ1) is 20.2. The van der Waals surface area contributed by atoms with Crippen molar-refractivity contribution in [3.8, 4) is 6.07 Å². The number of rotatable bonds is 5. The summed E-state index contributed by atoms with van der Waals surface area (Å²) in [5.74, 6) is 0.700. The van der Waals surface area contributed by atoms with E-state index in [1.54, 1.807) is 12.1 Å². The van der Waals surface area contributed by atoms with E-state index in [1.165, 1.54) is 17.7 Å². The monoisotopic (exact) mass is 575 g/mol. The van der Waals surface area contributed by atoms with Gasteiger partial charge < -0.3 is 4.90 Å². The van der Waals surface area contributed by atoms with Gasteiger partial charge in [0.15, 0.2) is 5.82 Å². The van der Waals surface area contributed by atoms with Gasteiger partial charge in [-0.1, -0.05) is 62.4 Å². The lowest BCUT2D eigenvalue weighted by molar-refractivity contribution is -0.384. The summed E-state index contributed by atoms with van der Waals surface area (Å²) in [5, 5.41) is 28.6. The lowest BCUT2D eigenvalue weighted by Crippen LogP contribution is -2.30. The number of nitrogens with zero attached hydrogens (tertiary/aromatic N) is 7. The minimum atomic E-state index is -2.87. The molecule has 1 unspecified atom stereocenters. The van der Waals surface area contributed by atoms with Crippen LogP contribution in [0.5, 0.6) is 0 Å². The molecule has 0 N–H and O–H groups in total. The molecule has 3 heterocycles. The molecule has 210 valence electrons.